The lowest BCUT2D eigenvalue weighted by molar-refractivity contribution is 0.802. The third kappa shape index (κ3) is 4.56. The number of hydrogen-bond donors (Lipinski definition) is 3. The largest absolute Gasteiger partial charge is 0.361 e. The minimum Gasteiger partial charge on any atom is -0.361 e. The van der Waals surface area contributed by atoms with Gasteiger partial charge in [-0.3, -0.25) is 0 Å². The van der Waals surface area contributed by atoms with Crippen LogP contribution in [0.4, 0.5) is 0 Å². The molecule has 0 amide bonds. The molecule has 0 spiro atoms. The first-order valence-electron chi connectivity index (χ1n) is 8.77. The molecule has 3 N–H and O–H groups in total. The summed E-state index contributed by atoms with van der Waals surface area (Å²) in [7, 11) is 0. The molecule has 0 aliphatic carbocycles. The van der Waals surface area contributed by atoms with Gasteiger partial charge in [0.15, 0.2) is 5.96 Å². The average molecular weight is 390 g/mol. The van der Waals surface area contributed by atoms with Crippen molar-refractivity contribution in [3.05, 3.63) is 50.6 Å². The van der Waals surface area contributed by atoms with Crippen molar-refractivity contribution in [2.24, 2.45) is 4.99 Å². The van der Waals surface area contributed by atoms with E-state index in [9.17, 15) is 0 Å². The Morgan fingerprint density at radius 3 is 2.88 bits per heavy atom. The number of fused-ring (bicyclic) bond motifs is 1. The molecule has 26 heavy (non-hydrogen) atoms. The van der Waals surface area contributed by atoms with E-state index in [-0.39, 0.29) is 0 Å². The molecule has 0 bridgehead atoms. The van der Waals surface area contributed by atoms with E-state index in [1.165, 1.54) is 15.8 Å². The van der Waals surface area contributed by atoms with Gasteiger partial charge in [-0.15, -0.1) is 11.3 Å². The molecule has 0 radical (unpaired) electrons. The van der Waals surface area contributed by atoms with E-state index < -0.39 is 0 Å². The van der Waals surface area contributed by atoms with Crippen molar-refractivity contribution < 1.29 is 0 Å². The van der Waals surface area contributed by atoms with Gasteiger partial charge in [-0.2, -0.15) is 0 Å². The Bertz CT molecular complexity index is 912. The summed E-state index contributed by atoms with van der Waals surface area (Å²) in [6, 6.07) is 5.93. The van der Waals surface area contributed by atoms with Gasteiger partial charge < -0.3 is 15.6 Å². The fraction of sp³-hybridized carbons (Fsp3) is 0.368. The predicted octanol–water partition coefficient (Wildman–Crippen LogP) is 4.19. The highest BCUT2D eigenvalue weighted by molar-refractivity contribution is 7.11. The number of guanidine groups is 1. The summed E-state index contributed by atoms with van der Waals surface area (Å²) in [4.78, 5) is 13.7. The number of rotatable bonds is 6. The zero-order chi connectivity index (χ0) is 18.5. The third-order valence-electron chi connectivity index (χ3n) is 4.14. The molecule has 0 aliphatic heterocycles. The Labute approximate surface area is 162 Å². The maximum Gasteiger partial charge on any atom is 0.191 e. The number of nitrogens with one attached hydrogen (secondary N) is 3. The van der Waals surface area contributed by atoms with Crippen molar-refractivity contribution in [1.82, 2.24) is 20.6 Å². The van der Waals surface area contributed by atoms with Gasteiger partial charge in [-0.1, -0.05) is 11.6 Å². The summed E-state index contributed by atoms with van der Waals surface area (Å²) in [5, 5.41) is 9.74. The Morgan fingerprint density at radius 2 is 2.15 bits per heavy atom. The number of thiazole rings is 1. The van der Waals surface area contributed by atoms with Crippen LogP contribution in [0, 0.1) is 13.8 Å². The first kappa shape index (κ1) is 18.7. The van der Waals surface area contributed by atoms with Crippen molar-refractivity contribution in [2.45, 2.75) is 33.7 Å². The van der Waals surface area contributed by atoms with Gasteiger partial charge >= 0.3 is 0 Å². The quantitative estimate of drug-likeness (QED) is 0.437. The van der Waals surface area contributed by atoms with Crippen molar-refractivity contribution in [1.29, 1.82) is 0 Å². The van der Waals surface area contributed by atoms with E-state index in [2.05, 4.69) is 38.7 Å². The Hall–Kier alpha value is -2.05. The smallest absolute Gasteiger partial charge is 0.191 e. The molecule has 0 saturated carbocycles. The second kappa shape index (κ2) is 8.56. The van der Waals surface area contributed by atoms with Crippen LogP contribution >= 0.6 is 22.9 Å². The first-order chi connectivity index (χ1) is 12.6. The van der Waals surface area contributed by atoms with E-state index in [1.807, 2.05) is 32.0 Å². The Kier molecular flexibility index (Phi) is 6.16. The third-order valence-corrected chi connectivity index (χ3v) is 5.43. The monoisotopic (exact) mass is 389 g/mol. The van der Waals surface area contributed by atoms with Crippen LogP contribution in [0.2, 0.25) is 5.02 Å². The molecule has 0 saturated heterocycles. The van der Waals surface area contributed by atoms with E-state index >= 15 is 0 Å². The summed E-state index contributed by atoms with van der Waals surface area (Å²) < 4.78 is 0. The summed E-state index contributed by atoms with van der Waals surface area (Å²) in [5.74, 6) is 0.829. The number of aromatic amines is 1. The number of H-pyrrole nitrogens is 1. The average Bonchev–Trinajstić information content (AvgIpc) is 3.15. The first-order valence-corrected chi connectivity index (χ1v) is 9.97. The van der Waals surface area contributed by atoms with Gasteiger partial charge in [0, 0.05) is 40.1 Å². The summed E-state index contributed by atoms with van der Waals surface area (Å²) in [5.41, 5.74) is 3.43. The lowest BCUT2D eigenvalue weighted by Gasteiger charge is -2.11. The number of benzene rings is 1. The van der Waals surface area contributed by atoms with Crippen molar-refractivity contribution >= 4 is 39.8 Å². The zero-order valence-electron chi connectivity index (χ0n) is 15.3. The summed E-state index contributed by atoms with van der Waals surface area (Å²) in [6.45, 7) is 8.41. The molecule has 5 nitrogen and oxygen atoms in total. The maximum atomic E-state index is 6.12. The van der Waals surface area contributed by atoms with Crippen molar-refractivity contribution in [3.8, 4) is 0 Å². The number of aromatic nitrogens is 2. The molecule has 3 aromatic rings. The predicted molar refractivity (Wildman–Crippen MR) is 111 cm³/mol. The Balaban J connectivity index is 1.62. The number of aryl methyl sites for hydroxylation is 2. The van der Waals surface area contributed by atoms with Crippen LogP contribution in [0.1, 0.15) is 28.1 Å². The molecular weight excluding hydrogens is 366 g/mol. The van der Waals surface area contributed by atoms with Crippen molar-refractivity contribution in [3.63, 3.8) is 0 Å². The summed E-state index contributed by atoms with van der Waals surface area (Å²) >= 11 is 7.83. The highest BCUT2D eigenvalue weighted by Gasteiger charge is 2.07. The SMILES string of the molecule is CCNC(=NCc1sc(C)nc1C)NCCc1c[nH]c2ccc(Cl)cc12. The van der Waals surface area contributed by atoms with Gasteiger partial charge in [0.05, 0.1) is 17.2 Å². The molecule has 2 aromatic heterocycles. The fourth-order valence-electron chi connectivity index (χ4n) is 2.89. The van der Waals surface area contributed by atoms with Crippen molar-refractivity contribution in [2.75, 3.05) is 13.1 Å². The summed E-state index contributed by atoms with van der Waals surface area (Å²) in [6.07, 6.45) is 2.94. The molecule has 138 valence electrons. The van der Waals surface area contributed by atoms with Crippen LogP contribution in [0.3, 0.4) is 0 Å². The topological polar surface area (TPSA) is 65.1 Å². The molecule has 0 atom stereocenters. The minimum atomic E-state index is 0.648. The molecule has 1 aromatic carbocycles. The highest BCUT2D eigenvalue weighted by Crippen LogP contribution is 2.22. The molecule has 3 rings (SSSR count). The van der Waals surface area contributed by atoms with E-state index in [0.717, 1.165) is 46.7 Å². The van der Waals surface area contributed by atoms with Gasteiger partial charge in [-0.25, -0.2) is 9.98 Å². The number of halogens is 1. The molecule has 7 heteroatoms. The molecule has 0 aliphatic rings. The molecule has 0 fully saturated rings. The van der Waals surface area contributed by atoms with Crippen LogP contribution in [0.15, 0.2) is 29.4 Å². The molecular formula is C19H24ClN5S. The lowest BCUT2D eigenvalue weighted by atomic mass is 10.1. The van der Waals surface area contributed by atoms with Crippen LogP contribution < -0.4 is 10.6 Å². The lowest BCUT2D eigenvalue weighted by Crippen LogP contribution is -2.38. The number of hydrogen-bond acceptors (Lipinski definition) is 3. The van der Waals surface area contributed by atoms with Crippen LogP contribution in [-0.4, -0.2) is 29.0 Å². The standard InChI is InChI=1S/C19H24ClN5S/c1-4-21-19(24-11-18-12(2)25-13(3)26-18)22-8-7-14-10-23-17-6-5-15(20)9-16(14)17/h5-6,9-10,23H,4,7-8,11H2,1-3H3,(H2,21,22,24). The zero-order valence-corrected chi connectivity index (χ0v) is 16.9. The Morgan fingerprint density at radius 1 is 1.31 bits per heavy atom. The van der Waals surface area contributed by atoms with Crippen LogP contribution in [0.25, 0.3) is 10.9 Å². The van der Waals surface area contributed by atoms with Gasteiger partial charge in [0.1, 0.15) is 0 Å². The molecule has 2 heterocycles. The van der Waals surface area contributed by atoms with E-state index in [0.29, 0.717) is 6.54 Å². The maximum absolute atomic E-state index is 6.12. The second-order valence-electron chi connectivity index (χ2n) is 6.12. The van der Waals surface area contributed by atoms with Gasteiger partial charge in [0.2, 0.25) is 0 Å². The molecule has 0 unspecified atom stereocenters. The van der Waals surface area contributed by atoms with Gasteiger partial charge in [0.25, 0.3) is 0 Å². The minimum absolute atomic E-state index is 0.648. The number of aliphatic imine (C=N–C) groups is 1. The van der Waals surface area contributed by atoms with E-state index in [4.69, 9.17) is 11.6 Å². The van der Waals surface area contributed by atoms with Crippen LogP contribution in [-0.2, 0) is 13.0 Å². The normalized spacial score (nSPS) is 11.9. The van der Waals surface area contributed by atoms with Crippen LogP contribution in [0.5, 0.6) is 0 Å². The van der Waals surface area contributed by atoms with Gasteiger partial charge in [-0.05, 0) is 51.0 Å². The second-order valence-corrected chi connectivity index (χ2v) is 7.84. The highest BCUT2D eigenvalue weighted by atomic mass is 35.5. The van der Waals surface area contributed by atoms with E-state index in [1.54, 1.807) is 11.3 Å². The number of nitrogens with zero attached hydrogens (tertiary/aromatic N) is 2. The fourth-order valence-corrected chi connectivity index (χ4v) is 3.92.